The van der Waals surface area contributed by atoms with Crippen molar-refractivity contribution in [2.75, 3.05) is 13.6 Å². The van der Waals surface area contributed by atoms with Crippen LogP contribution < -0.4 is 4.74 Å². The minimum atomic E-state index is -2.26. The second-order valence-corrected chi connectivity index (χ2v) is 6.05. The molecule has 0 spiro atoms. The topological polar surface area (TPSA) is 37.7 Å². The number of hydrogen-bond donors (Lipinski definition) is 0. The molecule has 1 aromatic carbocycles. The first-order valence-electron chi connectivity index (χ1n) is 7.28. The maximum atomic E-state index is 13.7. The number of hydrogen-bond acceptors (Lipinski definition) is 3. The van der Waals surface area contributed by atoms with Crippen LogP contribution in [-0.4, -0.2) is 29.8 Å². The molecule has 26 heavy (non-hydrogen) atoms. The molecule has 140 valence electrons. The zero-order valence-corrected chi connectivity index (χ0v) is 15.5. The van der Waals surface area contributed by atoms with Crippen molar-refractivity contribution < 1.29 is 26.7 Å². The molecule has 0 aliphatic heterocycles. The van der Waals surface area contributed by atoms with Crippen molar-refractivity contribution in [3.8, 4) is 11.6 Å². The monoisotopic (exact) mass is 437 g/mol. The highest BCUT2D eigenvalue weighted by Gasteiger charge is 2.28. The highest BCUT2D eigenvalue weighted by molar-refractivity contribution is 9.10. The van der Waals surface area contributed by atoms with Crippen LogP contribution in [0.2, 0.25) is 0 Å². The molecule has 0 fully saturated rings. The molecule has 1 heterocycles. The van der Waals surface area contributed by atoms with Gasteiger partial charge in [0.15, 0.2) is 0 Å². The molecule has 1 aromatic heterocycles. The fourth-order valence-corrected chi connectivity index (χ4v) is 2.15. The van der Waals surface area contributed by atoms with Gasteiger partial charge >= 0.3 is 0 Å². The van der Waals surface area contributed by atoms with E-state index in [1.807, 2.05) is 14.0 Å². The lowest BCUT2D eigenvalue weighted by Crippen LogP contribution is -2.14. The summed E-state index contributed by atoms with van der Waals surface area (Å²) in [6, 6.07) is 1.45. The Morgan fingerprint density at radius 1 is 1.12 bits per heavy atom. The van der Waals surface area contributed by atoms with Gasteiger partial charge in [-0.1, -0.05) is 0 Å². The van der Waals surface area contributed by atoms with E-state index in [9.17, 15) is 22.0 Å². The van der Waals surface area contributed by atoms with Crippen LogP contribution in [0.3, 0.4) is 0 Å². The van der Waals surface area contributed by atoms with Crippen LogP contribution in [0.5, 0.6) is 11.6 Å². The van der Waals surface area contributed by atoms with Crippen molar-refractivity contribution in [3.63, 3.8) is 0 Å². The number of rotatable bonds is 5. The zero-order chi connectivity index (χ0) is 19.6. The van der Waals surface area contributed by atoms with E-state index < -0.39 is 34.8 Å². The van der Waals surface area contributed by atoms with Crippen molar-refractivity contribution in [1.29, 1.82) is 0 Å². The quantitative estimate of drug-likeness (QED) is 0.210. The molecule has 4 nitrogen and oxygen atoms in total. The number of aromatic nitrogens is 1. The van der Waals surface area contributed by atoms with Crippen molar-refractivity contribution in [3.05, 3.63) is 45.3 Å². The molecule has 0 saturated carbocycles. The third kappa shape index (κ3) is 3.95. The maximum absolute atomic E-state index is 13.7. The van der Waals surface area contributed by atoms with Crippen LogP contribution in [0.1, 0.15) is 12.6 Å². The minimum absolute atomic E-state index is 0.123. The van der Waals surface area contributed by atoms with Gasteiger partial charge in [0.05, 0.1) is 22.2 Å². The first kappa shape index (κ1) is 20.1. The summed E-state index contributed by atoms with van der Waals surface area (Å²) in [4.78, 5) is 9.96. The smallest absolute Gasteiger partial charge is 0.234 e. The zero-order valence-electron chi connectivity index (χ0n) is 13.9. The van der Waals surface area contributed by atoms with Gasteiger partial charge in [-0.05, 0) is 35.8 Å². The second-order valence-electron chi connectivity index (χ2n) is 5.20. The van der Waals surface area contributed by atoms with Crippen LogP contribution in [0.15, 0.2) is 15.5 Å². The fraction of sp³-hybridized carbons (Fsp3) is 0.250. The summed E-state index contributed by atoms with van der Waals surface area (Å²) in [5.41, 5.74) is 0.759. The second kappa shape index (κ2) is 7.98. The highest BCUT2D eigenvalue weighted by atomic mass is 79.9. The predicted octanol–water partition coefficient (Wildman–Crippen LogP) is 5.25. The summed E-state index contributed by atoms with van der Waals surface area (Å²) in [5.74, 6) is -12.4. The van der Waals surface area contributed by atoms with Gasteiger partial charge in [0.25, 0.3) is 0 Å². The minimum Gasteiger partial charge on any atom is -0.431 e. The van der Waals surface area contributed by atoms with E-state index in [1.54, 1.807) is 18.2 Å². The standard InChI is InChI=1S/C16H13BrF5N3O/c1-4-25(3)6-23-9-5-8(17)16(24-7(9)2)26-15-13(21)11(19)10(18)12(20)14(15)22/h5-6H,4H2,1-3H3. The molecule has 0 aliphatic carbocycles. The molecule has 0 radical (unpaired) electrons. The number of aliphatic imine (C=N–C) groups is 1. The van der Waals surface area contributed by atoms with E-state index in [1.165, 1.54) is 6.07 Å². The van der Waals surface area contributed by atoms with Gasteiger partial charge in [-0.2, -0.15) is 8.78 Å². The third-order valence-corrected chi connectivity index (χ3v) is 3.94. The SMILES string of the molecule is CCN(C)C=Nc1cc(Br)c(Oc2c(F)c(F)c(F)c(F)c2F)nc1C. The number of aryl methyl sites for hydroxylation is 1. The average molecular weight is 438 g/mol. The summed E-state index contributed by atoms with van der Waals surface area (Å²) in [6.07, 6.45) is 1.56. The molecular weight excluding hydrogens is 425 g/mol. The molecule has 0 saturated heterocycles. The van der Waals surface area contributed by atoms with Gasteiger partial charge in [0.1, 0.15) is 0 Å². The van der Waals surface area contributed by atoms with E-state index in [4.69, 9.17) is 4.74 Å². The lowest BCUT2D eigenvalue weighted by Gasteiger charge is -2.12. The summed E-state index contributed by atoms with van der Waals surface area (Å²) in [5, 5.41) is 0. The van der Waals surface area contributed by atoms with Gasteiger partial charge in [0.2, 0.25) is 40.7 Å². The summed E-state index contributed by atoms with van der Waals surface area (Å²) in [7, 11) is 1.81. The van der Waals surface area contributed by atoms with Gasteiger partial charge in [-0.3, -0.25) is 0 Å². The molecule has 0 unspecified atom stereocenters. The summed E-state index contributed by atoms with van der Waals surface area (Å²) in [6.45, 7) is 4.20. The Morgan fingerprint density at radius 3 is 2.19 bits per heavy atom. The van der Waals surface area contributed by atoms with Gasteiger partial charge < -0.3 is 9.64 Å². The van der Waals surface area contributed by atoms with Gasteiger partial charge in [-0.25, -0.2) is 23.1 Å². The number of pyridine rings is 1. The lowest BCUT2D eigenvalue weighted by atomic mass is 10.2. The van der Waals surface area contributed by atoms with E-state index >= 15 is 0 Å². The van der Waals surface area contributed by atoms with Crippen molar-refractivity contribution >= 4 is 28.0 Å². The Labute approximate surface area is 154 Å². The first-order valence-corrected chi connectivity index (χ1v) is 8.07. The molecule has 2 rings (SSSR count). The Morgan fingerprint density at radius 2 is 1.65 bits per heavy atom. The average Bonchev–Trinajstić information content (AvgIpc) is 2.62. The van der Waals surface area contributed by atoms with Crippen molar-refractivity contribution in [2.24, 2.45) is 4.99 Å². The van der Waals surface area contributed by atoms with Crippen LogP contribution in [0, 0.1) is 36.0 Å². The molecule has 2 aromatic rings. The molecule has 0 bridgehead atoms. The molecular formula is C16H13BrF5N3O. The normalized spacial score (nSPS) is 11.3. The summed E-state index contributed by atoms with van der Waals surface area (Å²) >= 11 is 3.08. The Balaban J connectivity index is 2.44. The Bertz CT molecular complexity index is 847. The lowest BCUT2D eigenvalue weighted by molar-refractivity contribution is 0.327. The van der Waals surface area contributed by atoms with Crippen molar-refractivity contribution in [1.82, 2.24) is 9.88 Å². The van der Waals surface area contributed by atoms with E-state index in [-0.39, 0.29) is 10.4 Å². The number of halogens is 6. The van der Waals surface area contributed by atoms with Gasteiger partial charge in [-0.15, -0.1) is 0 Å². The van der Waals surface area contributed by atoms with Crippen LogP contribution in [-0.2, 0) is 0 Å². The van der Waals surface area contributed by atoms with E-state index in [2.05, 4.69) is 25.9 Å². The highest BCUT2D eigenvalue weighted by Crippen LogP contribution is 2.36. The predicted molar refractivity (Wildman–Crippen MR) is 89.4 cm³/mol. The fourth-order valence-electron chi connectivity index (χ4n) is 1.76. The molecule has 0 amide bonds. The number of benzene rings is 1. The van der Waals surface area contributed by atoms with E-state index in [0.29, 0.717) is 11.4 Å². The van der Waals surface area contributed by atoms with Gasteiger partial charge in [0, 0.05) is 13.6 Å². The largest absolute Gasteiger partial charge is 0.431 e. The molecule has 10 heteroatoms. The third-order valence-electron chi connectivity index (χ3n) is 3.37. The maximum Gasteiger partial charge on any atom is 0.234 e. The Kier molecular flexibility index (Phi) is 6.17. The van der Waals surface area contributed by atoms with Crippen molar-refractivity contribution in [2.45, 2.75) is 13.8 Å². The molecule has 0 aliphatic rings. The van der Waals surface area contributed by atoms with Crippen LogP contribution >= 0.6 is 15.9 Å². The first-order chi connectivity index (χ1) is 12.2. The Hall–Kier alpha value is -2.23. The van der Waals surface area contributed by atoms with Crippen LogP contribution in [0.25, 0.3) is 0 Å². The molecule has 0 N–H and O–H groups in total. The number of nitrogens with zero attached hydrogens (tertiary/aromatic N) is 3. The van der Waals surface area contributed by atoms with Crippen LogP contribution in [0.4, 0.5) is 27.6 Å². The number of ether oxygens (including phenoxy) is 1. The van der Waals surface area contributed by atoms with E-state index in [0.717, 1.165) is 6.54 Å². The molecule has 0 atom stereocenters. The summed E-state index contributed by atoms with van der Waals surface area (Å²) < 4.78 is 72.0.